The largest absolute Gasteiger partial charge is 0.396 e. The van der Waals surface area contributed by atoms with Gasteiger partial charge in [0.05, 0.1) is 11.1 Å². The topological polar surface area (TPSA) is 87.1 Å². The van der Waals surface area contributed by atoms with E-state index in [1.807, 2.05) is 53.2 Å². The first-order valence-corrected chi connectivity index (χ1v) is 10.4. The number of aromatic amines is 1. The molecule has 0 radical (unpaired) electrons. The highest BCUT2D eigenvalue weighted by molar-refractivity contribution is 9.10. The van der Waals surface area contributed by atoms with E-state index in [1.165, 1.54) is 0 Å². The number of halogens is 1. The van der Waals surface area contributed by atoms with E-state index in [9.17, 15) is 14.7 Å². The summed E-state index contributed by atoms with van der Waals surface area (Å²) in [5.41, 5.74) is 4.00. The molecule has 2 amide bonds. The lowest BCUT2D eigenvalue weighted by Crippen LogP contribution is -2.22. The van der Waals surface area contributed by atoms with Crippen molar-refractivity contribution < 1.29 is 14.7 Å². The van der Waals surface area contributed by atoms with Gasteiger partial charge in [-0.3, -0.25) is 14.9 Å². The Morgan fingerprint density at radius 3 is 2.53 bits per heavy atom. The van der Waals surface area contributed by atoms with Crippen molar-refractivity contribution in [3.63, 3.8) is 0 Å². The Kier molecular flexibility index (Phi) is 4.56. The third kappa shape index (κ3) is 2.89. The fraction of sp³-hybridized carbons (Fsp3) is 0.130. The molecule has 6 nitrogen and oxygen atoms in total. The number of carbonyl (C=O) groups excluding carboxylic acids is 2. The summed E-state index contributed by atoms with van der Waals surface area (Å²) in [4.78, 5) is 28.9. The molecule has 0 atom stereocenters. The third-order valence-electron chi connectivity index (χ3n) is 5.46. The Morgan fingerprint density at radius 2 is 1.73 bits per heavy atom. The molecule has 1 aliphatic rings. The van der Waals surface area contributed by atoms with Crippen molar-refractivity contribution in [2.24, 2.45) is 0 Å². The molecule has 0 unspecified atom stereocenters. The number of amides is 2. The van der Waals surface area contributed by atoms with Crippen LogP contribution in [0.2, 0.25) is 0 Å². The van der Waals surface area contributed by atoms with Crippen LogP contribution in [0.15, 0.2) is 59.3 Å². The van der Waals surface area contributed by atoms with Gasteiger partial charge in [0.1, 0.15) is 0 Å². The van der Waals surface area contributed by atoms with Crippen molar-refractivity contribution >= 4 is 60.7 Å². The lowest BCUT2D eigenvalue weighted by molar-refractivity contribution is -0.122. The second kappa shape index (κ2) is 7.27. The molecule has 0 aliphatic carbocycles. The molecule has 5 rings (SSSR count). The first kappa shape index (κ1) is 18.8. The molecule has 4 aromatic rings. The number of hydrogen-bond donors (Lipinski definition) is 3. The van der Waals surface area contributed by atoms with Crippen LogP contribution in [0.3, 0.4) is 0 Å². The molecule has 0 saturated heterocycles. The quantitative estimate of drug-likeness (QED) is 0.393. The second-order valence-corrected chi connectivity index (χ2v) is 8.17. The van der Waals surface area contributed by atoms with Crippen LogP contribution in [0.4, 0.5) is 0 Å². The summed E-state index contributed by atoms with van der Waals surface area (Å²) in [7, 11) is 0. The molecule has 0 saturated carbocycles. The van der Waals surface area contributed by atoms with Gasteiger partial charge in [0.2, 0.25) is 0 Å². The van der Waals surface area contributed by atoms with Crippen molar-refractivity contribution in [3.05, 3.63) is 70.5 Å². The van der Waals surface area contributed by atoms with E-state index in [0.717, 1.165) is 26.3 Å². The number of H-pyrrole nitrogens is 1. The minimum Gasteiger partial charge on any atom is -0.396 e. The van der Waals surface area contributed by atoms with Crippen molar-refractivity contribution in [3.8, 4) is 0 Å². The molecule has 3 heterocycles. The van der Waals surface area contributed by atoms with Crippen LogP contribution in [0.5, 0.6) is 0 Å². The lowest BCUT2D eigenvalue weighted by atomic mass is 9.95. The van der Waals surface area contributed by atoms with Crippen LogP contribution in [0.25, 0.3) is 33.0 Å². The van der Waals surface area contributed by atoms with Crippen LogP contribution >= 0.6 is 15.9 Å². The molecule has 150 valence electrons. The molecule has 2 aromatic heterocycles. The predicted molar refractivity (Wildman–Crippen MR) is 120 cm³/mol. The zero-order valence-corrected chi connectivity index (χ0v) is 17.5. The smallest absolute Gasteiger partial charge is 0.259 e. The summed E-state index contributed by atoms with van der Waals surface area (Å²) in [6.45, 7) is 0.688. The number of para-hydroxylation sites is 1. The SMILES string of the molecule is O=C1NC(=O)C(c2cn(CCCO)c3ccc(Br)cc23)=C1c1c[nH]c2ccccc12. The van der Waals surface area contributed by atoms with E-state index in [1.54, 1.807) is 6.20 Å². The third-order valence-corrected chi connectivity index (χ3v) is 5.95. The highest BCUT2D eigenvalue weighted by atomic mass is 79.9. The molecule has 0 spiro atoms. The number of benzene rings is 2. The van der Waals surface area contributed by atoms with E-state index < -0.39 is 11.8 Å². The average molecular weight is 464 g/mol. The van der Waals surface area contributed by atoms with Gasteiger partial charge >= 0.3 is 0 Å². The highest BCUT2D eigenvalue weighted by Crippen LogP contribution is 2.38. The van der Waals surface area contributed by atoms with Crippen molar-refractivity contribution in [1.82, 2.24) is 14.9 Å². The maximum Gasteiger partial charge on any atom is 0.259 e. The molecule has 0 bridgehead atoms. The Hall–Kier alpha value is -3.16. The average Bonchev–Trinajstić information content (AvgIpc) is 3.39. The molecule has 2 aromatic carbocycles. The Morgan fingerprint density at radius 1 is 0.967 bits per heavy atom. The molecule has 1 aliphatic heterocycles. The normalized spacial score (nSPS) is 14.3. The zero-order chi connectivity index (χ0) is 20.8. The van der Waals surface area contributed by atoms with Crippen LogP contribution in [-0.4, -0.2) is 33.1 Å². The van der Waals surface area contributed by atoms with Gasteiger partial charge in [-0.2, -0.15) is 0 Å². The van der Waals surface area contributed by atoms with Gasteiger partial charge in [0.15, 0.2) is 0 Å². The second-order valence-electron chi connectivity index (χ2n) is 7.26. The monoisotopic (exact) mass is 463 g/mol. The molecular weight excluding hydrogens is 446 g/mol. The van der Waals surface area contributed by atoms with E-state index in [4.69, 9.17) is 0 Å². The van der Waals surface area contributed by atoms with Crippen molar-refractivity contribution in [2.75, 3.05) is 6.61 Å². The molecular formula is C23H18BrN3O3. The van der Waals surface area contributed by atoms with Gasteiger partial charge in [-0.1, -0.05) is 34.1 Å². The number of carbonyl (C=O) groups is 2. The fourth-order valence-electron chi connectivity index (χ4n) is 4.14. The van der Waals surface area contributed by atoms with Gasteiger partial charge in [-0.05, 0) is 30.7 Å². The van der Waals surface area contributed by atoms with Gasteiger partial charge in [-0.15, -0.1) is 0 Å². The zero-order valence-electron chi connectivity index (χ0n) is 15.9. The van der Waals surface area contributed by atoms with E-state index >= 15 is 0 Å². The number of nitrogens with one attached hydrogen (secondary N) is 2. The summed E-state index contributed by atoms with van der Waals surface area (Å²) < 4.78 is 2.90. The van der Waals surface area contributed by atoms with E-state index in [0.29, 0.717) is 35.2 Å². The highest BCUT2D eigenvalue weighted by Gasteiger charge is 2.35. The van der Waals surface area contributed by atoms with E-state index in [-0.39, 0.29) is 6.61 Å². The number of hydrogen-bond acceptors (Lipinski definition) is 3. The van der Waals surface area contributed by atoms with Crippen LogP contribution in [0.1, 0.15) is 17.5 Å². The summed E-state index contributed by atoms with van der Waals surface area (Å²) in [5, 5.41) is 13.5. The maximum absolute atomic E-state index is 12.9. The summed E-state index contributed by atoms with van der Waals surface area (Å²) in [6.07, 6.45) is 4.27. The van der Waals surface area contributed by atoms with Crippen LogP contribution in [0, 0.1) is 0 Å². The number of aliphatic hydroxyl groups is 1. The molecule has 30 heavy (non-hydrogen) atoms. The minimum atomic E-state index is -0.401. The van der Waals surface area contributed by atoms with Crippen LogP contribution < -0.4 is 5.32 Å². The number of aliphatic hydroxyl groups excluding tert-OH is 1. The lowest BCUT2D eigenvalue weighted by Gasteiger charge is -2.03. The van der Waals surface area contributed by atoms with Crippen molar-refractivity contribution in [1.29, 1.82) is 0 Å². The van der Waals surface area contributed by atoms with Crippen molar-refractivity contribution in [2.45, 2.75) is 13.0 Å². The minimum absolute atomic E-state index is 0.0772. The van der Waals surface area contributed by atoms with Gasteiger partial charge in [0, 0.05) is 63.0 Å². The number of rotatable bonds is 5. The number of aromatic nitrogens is 2. The Balaban J connectivity index is 1.80. The summed E-state index contributed by atoms with van der Waals surface area (Å²) >= 11 is 3.51. The Bertz CT molecular complexity index is 1360. The molecule has 7 heteroatoms. The molecule has 3 N–H and O–H groups in total. The first-order chi connectivity index (χ1) is 14.6. The van der Waals surface area contributed by atoms with Gasteiger partial charge in [0.25, 0.3) is 11.8 Å². The maximum atomic E-state index is 12.9. The number of imide groups is 1. The first-order valence-electron chi connectivity index (χ1n) is 9.64. The fourth-order valence-corrected chi connectivity index (χ4v) is 4.50. The van der Waals surface area contributed by atoms with Gasteiger partial charge in [-0.25, -0.2) is 0 Å². The standard InChI is InChI=1S/C23H18BrN3O3/c24-13-6-7-19-15(10-13)17(12-27(19)8-3-9-28)21-20(22(29)26-23(21)30)16-11-25-18-5-2-1-4-14(16)18/h1-2,4-7,10-12,25,28H,3,8-9H2,(H,26,29,30). The molecule has 0 fully saturated rings. The number of aryl methyl sites for hydroxylation is 1. The van der Waals surface area contributed by atoms with Crippen LogP contribution in [-0.2, 0) is 16.1 Å². The Labute approximate surface area is 180 Å². The number of nitrogens with zero attached hydrogens (tertiary/aromatic N) is 1. The van der Waals surface area contributed by atoms with Gasteiger partial charge < -0.3 is 14.7 Å². The summed E-state index contributed by atoms with van der Waals surface area (Å²) in [6, 6.07) is 13.6. The number of fused-ring (bicyclic) bond motifs is 2. The van der Waals surface area contributed by atoms with E-state index in [2.05, 4.69) is 26.2 Å². The predicted octanol–water partition coefficient (Wildman–Crippen LogP) is 3.83. The summed E-state index contributed by atoms with van der Waals surface area (Å²) in [5.74, 6) is -0.799.